The van der Waals surface area contributed by atoms with Crippen molar-refractivity contribution in [1.82, 2.24) is 14.8 Å². The molecule has 2 aliphatic heterocycles. The number of nitrogens with zero attached hydrogens (tertiary/aromatic N) is 3. The molecule has 3 heterocycles. The Morgan fingerprint density at radius 1 is 1.15 bits per heavy atom. The number of carbonyl (C=O) groups excluding carboxylic acids is 2. The Morgan fingerprint density at radius 2 is 1.77 bits per heavy atom. The van der Waals surface area contributed by atoms with Crippen LogP contribution in [0.2, 0.25) is 5.02 Å². The zero-order valence-corrected chi connectivity index (χ0v) is 16.0. The Kier molecular flexibility index (Phi) is 5.97. The molecule has 2 fully saturated rings. The Morgan fingerprint density at radius 3 is 2.42 bits per heavy atom. The molecule has 0 bridgehead atoms. The third kappa shape index (κ3) is 3.93. The van der Waals surface area contributed by atoms with E-state index in [-0.39, 0.29) is 11.8 Å². The molecule has 1 aromatic heterocycles. The average molecular weight is 376 g/mol. The summed E-state index contributed by atoms with van der Waals surface area (Å²) in [6.07, 6.45) is 8.82. The van der Waals surface area contributed by atoms with Crippen molar-refractivity contribution < 1.29 is 9.59 Å². The normalized spacial score (nSPS) is 23.6. The lowest BCUT2D eigenvalue weighted by Crippen LogP contribution is -2.47. The third-order valence-corrected chi connectivity index (χ3v) is 6.12. The number of halogens is 1. The summed E-state index contributed by atoms with van der Waals surface area (Å²) in [6.45, 7) is 8.55. The zero-order chi connectivity index (χ0) is 18.7. The SMILES string of the molecule is C=CC(=O)N1CCCC(C2CCCN(C(=O)c3cncc(Cl)c3C)C2)C1. The molecule has 0 aromatic carbocycles. The van der Waals surface area contributed by atoms with Crippen molar-refractivity contribution in [2.75, 3.05) is 26.2 Å². The number of rotatable bonds is 3. The van der Waals surface area contributed by atoms with Gasteiger partial charge in [0.25, 0.3) is 5.91 Å². The van der Waals surface area contributed by atoms with Crippen LogP contribution in [-0.2, 0) is 4.79 Å². The second kappa shape index (κ2) is 8.21. The van der Waals surface area contributed by atoms with E-state index in [0.717, 1.165) is 57.4 Å². The van der Waals surface area contributed by atoms with E-state index in [2.05, 4.69) is 11.6 Å². The molecule has 0 saturated carbocycles. The Hall–Kier alpha value is -1.88. The maximum atomic E-state index is 13.0. The summed E-state index contributed by atoms with van der Waals surface area (Å²) in [4.78, 5) is 32.8. The van der Waals surface area contributed by atoms with Gasteiger partial charge in [0, 0.05) is 38.6 Å². The van der Waals surface area contributed by atoms with Gasteiger partial charge in [0.05, 0.1) is 10.6 Å². The quantitative estimate of drug-likeness (QED) is 0.761. The molecular weight excluding hydrogens is 350 g/mol. The molecule has 2 saturated heterocycles. The minimum Gasteiger partial charge on any atom is -0.339 e. The fourth-order valence-electron chi connectivity index (χ4n) is 4.19. The maximum absolute atomic E-state index is 13.0. The van der Waals surface area contributed by atoms with Crippen molar-refractivity contribution in [2.45, 2.75) is 32.6 Å². The fourth-order valence-corrected chi connectivity index (χ4v) is 4.35. The van der Waals surface area contributed by atoms with Crippen molar-refractivity contribution in [2.24, 2.45) is 11.8 Å². The van der Waals surface area contributed by atoms with Crippen LogP contribution >= 0.6 is 11.6 Å². The van der Waals surface area contributed by atoms with Crippen molar-refractivity contribution in [3.8, 4) is 0 Å². The Balaban J connectivity index is 1.69. The maximum Gasteiger partial charge on any atom is 0.255 e. The summed E-state index contributed by atoms with van der Waals surface area (Å²) in [5, 5.41) is 0.523. The fraction of sp³-hybridized carbons (Fsp3) is 0.550. The van der Waals surface area contributed by atoms with Gasteiger partial charge in [-0.1, -0.05) is 18.2 Å². The molecule has 0 spiro atoms. The topological polar surface area (TPSA) is 53.5 Å². The molecule has 0 N–H and O–H groups in total. The molecule has 2 unspecified atom stereocenters. The van der Waals surface area contributed by atoms with E-state index in [1.165, 1.54) is 6.08 Å². The molecule has 2 atom stereocenters. The molecule has 1 aromatic rings. The molecule has 2 amide bonds. The number of pyridine rings is 1. The van der Waals surface area contributed by atoms with Crippen LogP contribution in [0.15, 0.2) is 25.0 Å². The molecule has 6 heteroatoms. The van der Waals surface area contributed by atoms with Crippen molar-refractivity contribution in [1.29, 1.82) is 0 Å². The van der Waals surface area contributed by atoms with Gasteiger partial charge in [-0.15, -0.1) is 0 Å². The van der Waals surface area contributed by atoms with E-state index in [1.807, 2.05) is 16.7 Å². The number of amides is 2. The van der Waals surface area contributed by atoms with E-state index >= 15 is 0 Å². The van der Waals surface area contributed by atoms with Gasteiger partial charge in [0.1, 0.15) is 0 Å². The summed E-state index contributed by atoms with van der Waals surface area (Å²) in [6, 6.07) is 0. The molecule has 2 aliphatic rings. The van der Waals surface area contributed by atoms with E-state index in [0.29, 0.717) is 22.4 Å². The number of aromatic nitrogens is 1. The molecule has 26 heavy (non-hydrogen) atoms. The zero-order valence-electron chi connectivity index (χ0n) is 15.3. The van der Waals surface area contributed by atoms with Gasteiger partial charge < -0.3 is 9.80 Å². The number of likely N-dealkylation sites (tertiary alicyclic amines) is 2. The average Bonchev–Trinajstić information content (AvgIpc) is 2.69. The molecule has 0 aliphatic carbocycles. The number of carbonyl (C=O) groups is 2. The largest absolute Gasteiger partial charge is 0.339 e. The standard InChI is InChI=1S/C20H26ClN3O2/c1-3-19(25)23-8-4-6-15(12-23)16-7-5-9-24(13-16)20(26)17-10-22-11-18(21)14(17)2/h3,10-11,15-16H,1,4-9,12-13H2,2H3. The minimum atomic E-state index is 0.0111. The van der Waals surface area contributed by atoms with Crippen LogP contribution in [0.1, 0.15) is 41.6 Å². The second-order valence-electron chi connectivity index (χ2n) is 7.34. The second-order valence-corrected chi connectivity index (χ2v) is 7.75. The monoisotopic (exact) mass is 375 g/mol. The third-order valence-electron chi connectivity index (χ3n) is 5.74. The Bertz CT molecular complexity index is 706. The number of piperidine rings is 2. The van der Waals surface area contributed by atoms with Gasteiger partial charge in [0.2, 0.25) is 5.91 Å². The van der Waals surface area contributed by atoms with Gasteiger partial charge in [-0.05, 0) is 56.1 Å². The van der Waals surface area contributed by atoms with E-state index in [4.69, 9.17) is 11.6 Å². The highest BCUT2D eigenvalue weighted by Crippen LogP contribution is 2.32. The van der Waals surface area contributed by atoms with E-state index in [1.54, 1.807) is 12.4 Å². The highest BCUT2D eigenvalue weighted by Gasteiger charge is 2.33. The summed E-state index contributed by atoms with van der Waals surface area (Å²) < 4.78 is 0. The van der Waals surface area contributed by atoms with Gasteiger partial charge in [-0.3, -0.25) is 14.6 Å². The van der Waals surface area contributed by atoms with Crippen LogP contribution in [0.5, 0.6) is 0 Å². The summed E-state index contributed by atoms with van der Waals surface area (Å²) in [7, 11) is 0. The van der Waals surface area contributed by atoms with Gasteiger partial charge in [0.15, 0.2) is 0 Å². The van der Waals surface area contributed by atoms with Crippen LogP contribution in [0.4, 0.5) is 0 Å². The van der Waals surface area contributed by atoms with E-state index in [9.17, 15) is 9.59 Å². The van der Waals surface area contributed by atoms with Gasteiger partial charge >= 0.3 is 0 Å². The number of hydrogen-bond acceptors (Lipinski definition) is 3. The molecule has 0 radical (unpaired) electrons. The first-order chi connectivity index (χ1) is 12.5. The summed E-state index contributed by atoms with van der Waals surface area (Å²) in [5.74, 6) is 0.901. The first-order valence-corrected chi connectivity index (χ1v) is 9.69. The highest BCUT2D eigenvalue weighted by atomic mass is 35.5. The van der Waals surface area contributed by atoms with Crippen molar-refractivity contribution in [3.05, 3.63) is 41.2 Å². The molecular formula is C20H26ClN3O2. The first kappa shape index (κ1) is 18.9. The number of hydrogen-bond donors (Lipinski definition) is 0. The lowest BCUT2D eigenvalue weighted by atomic mass is 9.80. The summed E-state index contributed by atoms with van der Waals surface area (Å²) in [5.41, 5.74) is 1.37. The van der Waals surface area contributed by atoms with Crippen LogP contribution in [-0.4, -0.2) is 52.8 Å². The van der Waals surface area contributed by atoms with E-state index < -0.39 is 0 Å². The Labute approximate surface area is 160 Å². The van der Waals surface area contributed by atoms with Crippen molar-refractivity contribution in [3.63, 3.8) is 0 Å². The molecule has 3 rings (SSSR count). The highest BCUT2D eigenvalue weighted by molar-refractivity contribution is 6.31. The van der Waals surface area contributed by atoms with Crippen LogP contribution < -0.4 is 0 Å². The van der Waals surface area contributed by atoms with Crippen LogP contribution in [0, 0.1) is 18.8 Å². The smallest absolute Gasteiger partial charge is 0.255 e. The predicted octanol–water partition coefficient (Wildman–Crippen LogP) is 3.32. The lowest BCUT2D eigenvalue weighted by molar-refractivity contribution is -0.128. The predicted molar refractivity (Wildman–Crippen MR) is 102 cm³/mol. The van der Waals surface area contributed by atoms with Crippen LogP contribution in [0.25, 0.3) is 0 Å². The molecule has 5 nitrogen and oxygen atoms in total. The molecule has 140 valence electrons. The van der Waals surface area contributed by atoms with Gasteiger partial charge in [-0.25, -0.2) is 0 Å². The summed E-state index contributed by atoms with van der Waals surface area (Å²) >= 11 is 6.13. The van der Waals surface area contributed by atoms with Crippen LogP contribution in [0.3, 0.4) is 0 Å². The minimum absolute atomic E-state index is 0.0111. The van der Waals surface area contributed by atoms with Crippen molar-refractivity contribution >= 4 is 23.4 Å². The lowest BCUT2D eigenvalue weighted by Gasteiger charge is -2.41. The van der Waals surface area contributed by atoms with Gasteiger partial charge in [-0.2, -0.15) is 0 Å². The first-order valence-electron chi connectivity index (χ1n) is 9.32.